The van der Waals surface area contributed by atoms with E-state index in [0.29, 0.717) is 12.0 Å². The van der Waals surface area contributed by atoms with Crippen molar-refractivity contribution in [3.63, 3.8) is 0 Å². The first-order valence-electron chi connectivity index (χ1n) is 11.4. The predicted octanol–water partition coefficient (Wildman–Crippen LogP) is 3.71. The highest BCUT2D eigenvalue weighted by atomic mass is 32.1. The number of aromatic nitrogens is 2. The van der Waals surface area contributed by atoms with E-state index in [1.54, 1.807) is 0 Å². The fourth-order valence-electron chi connectivity index (χ4n) is 4.68. The second-order valence-corrected chi connectivity index (χ2v) is 9.80. The molecular formula is C23H36N6S. The summed E-state index contributed by atoms with van der Waals surface area (Å²) in [6.07, 6.45) is 7.93. The number of likely N-dealkylation sites (tertiary alicyclic amines) is 2. The lowest BCUT2D eigenvalue weighted by atomic mass is 9.97. The standard InChI is InChI=1S/C23H36N6S/c1-4-24-23(29-12-9-19(17-29)20-14-26-27(3)16-20)25-15-21(22-6-5-13-30-22)28-10-7-18(2)8-11-28/h5-6,13-14,16,18-19,21H,4,7-12,15,17H2,1-3H3,(H,24,25). The third-order valence-corrected chi connectivity index (χ3v) is 7.54. The van der Waals surface area contributed by atoms with Crippen LogP contribution in [0.25, 0.3) is 0 Å². The number of nitrogens with zero attached hydrogens (tertiary/aromatic N) is 5. The molecule has 2 aliphatic heterocycles. The van der Waals surface area contributed by atoms with Crippen LogP contribution in [-0.4, -0.2) is 64.8 Å². The summed E-state index contributed by atoms with van der Waals surface area (Å²) in [5.74, 6) is 2.45. The van der Waals surface area contributed by atoms with Crippen molar-refractivity contribution < 1.29 is 0 Å². The second kappa shape index (κ2) is 9.96. The van der Waals surface area contributed by atoms with Crippen LogP contribution in [0.15, 0.2) is 34.9 Å². The number of piperidine rings is 1. The van der Waals surface area contributed by atoms with Crippen LogP contribution in [0.5, 0.6) is 0 Å². The Morgan fingerprint density at radius 2 is 2.13 bits per heavy atom. The van der Waals surface area contributed by atoms with E-state index in [1.807, 2.05) is 29.3 Å². The van der Waals surface area contributed by atoms with E-state index in [-0.39, 0.29) is 0 Å². The average Bonchev–Trinajstić information content (AvgIpc) is 3.50. The van der Waals surface area contributed by atoms with Gasteiger partial charge in [0.1, 0.15) is 0 Å². The molecule has 6 nitrogen and oxygen atoms in total. The molecule has 164 valence electrons. The number of aryl methyl sites for hydroxylation is 1. The predicted molar refractivity (Wildman–Crippen MR) is 125 cm³/mol. The van der Waals surface area contributed by atoms with Gasteiger partial charge in [0.25, 0.3) is 0 Å². The van der Waals surface area contributed by atoms with Crippen LogP contribution in [0.3, 0.4) is 0 Å². The lowest BCUT2D eigenvalue weighted by Crippen LogP contribution is -2.41. The molecule has 0 amide bonds. The Labute approximate surface area is 185 Å². The highest BCUT2D eigenvalue weighted by Crippen LogP contribution is 2.30. The molecule has 0 spiro atoms. The Bertz CT molecular complexity index is 806. The third kappa shape index (κ3) is 5.06. The summed E-state index contributed by atoms with van der Waals surface area (Å²) in [5.41, 5.74) is 1.34. The number of guanidine groups is 1. The molecule has 2 aromatic rings. The van der Waals surface area contributed by atoms with Crippen LogP contribution >= 0.6 is 11.3 Å². The van der Waals surface area contributed by atoms with E-state index in [9.17, 15) is 0 Å². The molecule has 0 bridgehead atoms. The van der Waals surface area contributed by atoms with Crippen molar-refractivity contribution >= 4 is 17.3 Å². The van der Waals surface area contributed by atoms with Crippen molar-refractivity contribution in [3.05, 3.63) is 40.3 Å². The van der Waals surface area contributed by atoms with E-state index in [4.69, 9.17) is 4.99 Å². The van der Waals surface area contributed by atoms with Gasteiger partial charge in [-0.3, -0.25) is 14.6 Å². The molecule has 2 atom stereocenters. The van der Waals surface area contributed by atoms with Crippen LogP contribution in [0.2, 0.25) is 0 Å². The number of hydrogen-bond donors (Lipinski definition) is 1. The SMILES string of the molecule is CCNC(=NCC(c1cccs1)N1CCC(C)CC1)N1CCC(c2cnn(C)c2)C1. The first-order chi connectivity index (χ1) is 14.6. The zero-order valence-electron chi connectivity index (χ0n) is 18.6. The summed E-state index contributed by atoms with van der Waals surface area (Å²) in [4.78, 5) is 11.7. The molecule has 2 unspecified atom stereocenters. The van der Waals surface area contributed by atoms with Crippen molar-refractivity contribution in [2.45, 2.75) is 45.1 Å². The first-order valence-corrected chi connectivity index (χ1v) is 12.3. The maximum Gasteiger partial charge on any atom is 0.194 e. The Morgan fingerprint density at radius 1 is 1.30 bits per heavy atom. The van der Waals surface area contributed by atoms with E-state index in [1.165, 1.54) is 36.4 Å². The molecule has 30 heavy (non-hydrogen) atoms. The van der Waals surface area contributed by atoms with Crippen LogP contribution in [0.4, 0.5) is 0 Å². The Kier molecular flexibility index (Phi) is 7.10. The summed E-state index contributed by atoms with van der Waals surface area (Å²) >= 11 is 1.87. The van der Waals surface area contributed by atoms with Gasteiger partial charge in [-0.05, 0) is 62.2 Å². The van der Waals surface area contributed by atoms with Gasteiger partial charge < -0.3 is 10.2 Å². The van der Waals surface area contributed by atoms with Gasteiger partial charge in [0, 0.05) is 43.7 Å². The minimum atomic E-state index is 0.392. The lowest BCUT2D eigenvalue weighted by molar-refractivity contribution is 0.143. The van der Waals surface area contributed by atoms with E-state index in [2.05, 4.69) is 57.8 Å². The van der Waals surface area contributed by atoms with Gasteiger partial charge in [0.15, 0.2) is 5.96 Å². The van der Waals surface area contributed by atoms with Crippen molar-refractivity contribution in [2.24, 2.45) is 18.0 Å². The van der Waals surface area contributed by atoms with Gasteiger partial charge >= 0.3 is 0 Å². The number of nitrogens with one attached hydrogen (secondary N) is 1. The zero-order valence-corrected chi connectivity index (χ0v) is 19.4. The Balaban J connectivity index is 1.46. The number of hydrogen-bond acceptors (Lipinski definition) is 4. The fourth-order valence-corrected chi connectivity index (χ4v) is 5.53. The van der Waals surface area contributed by atoms with E-state index < -0.39 is 0 Å². The summed E-state index contributed by atoms with van der Waals surface area (Å²) in [6.45, 7) is 10.7. The highest BCUT2D eigenvalue weighted by Gasteiger charge is 2.28. The molecule has 2 fully saturated rings. The second-order valence-electron chi connectivity index (χ2n) is 8.82. The Hall–Kier alpha value is -1.86. The number of rotatable bonds is 6. The molecule has 0 aliphatic carbocycles. The van der Waals surface area contributed by atoms with E-state index in [0.717, 1.165) is 44.5 Å². The highest BCUT2D eigenvalue weighted by molar-refractivity contribution is 7.10. The molecule has 2 saturated heterocycles. The monoisotopic (exact) mass is 428 g/mol. The van der Waals surface area contributed by atoms with Gasteiger partial charge in [-0.25, -0.2) is 0 Å². The van der Waals surface area contributed by atoms with Gasteiger partial charge in [-0.2, -0.15) is 5.10 Å². The summed E-state index contributed by atoms with van der Waals surface area (Å²) in [5, 5.41) is 10.1. The minimum Gasteiger partial charge on any atom is -0.357 e. The smallest absolute Gasteiger partial charge is 0.194 e. The van der Waals surface area contributed by atoms with Crippen LogP contribution in [0, 0.1) is 5.92 Å². The summed E-state index contributed by atoms with van der Waals surface area (Å²) in [6, 6.07) is 4.85. The molecule has 4 heterocycles. The van der Waals surface area contributed by atoms with Crippen molar-refractivity contribution in [1.82, 2.24) is 24.9 Å². The Morgan fingerprint density at radius 3 is 2.80 bits per heavy atom. The zero-order chi connectivity index (χ0) is 20.9. The molecule has 2 aromatic heterocycles. The molecular weight excluding hydrogens is 392 g/mol. The van der Waals surface area contributed by atoms with Crippen molar-refractivity contribution in [3.8, 4) is 0 Å². The summed E-state index contributed by atoms with van der Waals surface area (Å²) < 4.78 is 1.91. The number of thiophene rings is 1. The topological polar surface area (TPSA) is 48.7 Å². The van der Waals surface area contributed by atoms with Crippen LogP contribution < -0.4 is 5.32 Å². The molecule has 1 N–H and O–H groups in total. The quantitative estimate of drug-likeness (QED) is 0.563. The lowest BCUT2D eigenvalue weighted by Gasteiger charge is -2.36. The van der Waals surface area contributed by atoms with Gasteiger partial charge in [0.2, 0.25) is 0 Å². The van der Waals surface area contributed by atoms with Gasteiger partial charge in [0.05, 0.1) is 18.8 Å². The molecule has 0 radical (unpaired) electrons. The van der Waals surface area contributed by atoms with Gasteiger partial charge in [-0.15, -0.1) is 11.3 Å². The van der Waals surface area contributed by atoms with Crippen molar-refractivity contribution in [2.75, 3.05) is 39.3 Å². The number of aliphatic imine (C=N–C) groups is 1. The summed E-state index contributed by atoms with van der Waals surface area (Å²) in [7, 11) is 1.99. The van der Waals surface area contributed by atoms with Crippen LogP contribution in [-0.2, 0) is 7.05 Å². The van der Waals surface area contributed by atoms with Crippen molar-refractivity contribution in [1.29, 1.82) is 0 Å². The average molecular weight is 429 g/mol. The molecule has 7 heteroatoms. The maximum atomic E-state index is 5.15. The largest absolute Gasteiger partial charge is 0.357 e. The molecule has 0 aromatic carbocycles. The molecule has 4 rings (SSSR count). The normalized spacial score (nSPS) is 22.6. The van der Waals surface area contributed by atoms with Crippen LogP contribution in [0.1, 0.15) is 55.5 Å². The van der Waals surface area contributed by atoms with E-state index >= 15 is 0 Å². The first kappa shape index (κ1) is 21.4. The molecule has 2 aliphatic rings. The minimum absolute atomic E-state index is 0.392. The maximum absolute atomic E-state index is 5.15. The molecule has 0 saturated carbocycles. The fraction of sp³-hybridized carbons (Fsp3) is 0.652. The van der Waals surface area contributed by atoms with Gasteiger partial charge in [-0.1, -0.05) is 13.0 Å². The third-order valence-electron chi connectivity index (χ3n) is 6.56.